The van der Waals surface area contributed by atoms with Gasteiger partial charge in [-0.25, -0.2) is 0 Å². The fourth-order valence-electron chi connectivity index (χ4n) is 2.78. The van der Waals surface area contributed by atoms with Crippen LogP contribution in [0.2, 0.25) is 0 Å². The summed E-state index contributed by atoms with van der Waals surface area (Å²) < 4.78 is 2.15. The van der Waals surface area contributed by atoms with E-state index in [9.17, 15) is 0 Å². The lowest BCUT2D eigenvalue weighted by Gasteiger charge is -2.28. The lowest BCUT2D eigenvalue weighted by atomic mass is 9.82. The number of aliphatic imine (C=N–C) groups is 1. The first kappa shape index (κ1) is 20.5. The van der Waals surface area contributed by atoms with Gasteiger partial charge in [0.25, 0.3) is 0 Å². The molecule has 0 saturated carbocycles. The Morgan fingerprint density at radius 3 is 2.38 bits per heavy atom. The van der Waals surface area contributed by atoms with E-state index in [1.165, 1.54) is 11.1 Å². The molecule has 0 spiro atoms. The number of nitrogens with zero attached hydrogens (tertiary/aromatic N) is 2. The predicted octanol–water partition coefficient (Wildman–Crippen LogP) is 3.56. The summed E-state index contributed by atoms with van der Waals surface area (Å²) in [5.74, 6) is 0.846. The van der Waals surface area contributed by atoms with E-state index < -0.39 is 0 Å². The topological polar surface area (TPSA) is 41.4 Å². The van der Waals surface area contributed by atoms with Crippen molar-refractivity contribution in [2.75, 3.05) is 20.1 Å². The van der Waals surface area contributed by atoms with Gasteiger partial charge in [0.2, 0.25) is 0 Å². The molecule has 0 bridgehead atoms. The Kier molecular flexibility index (Phi) is 8.31. The molecule has 0 aliphatic rings. The molecule has 1 aromatic heterocycles. The highest BCUT2D eigenvalue weighted by molar-refractivity contribution is 14.0. The van der Waals surface area contributed by atoms with E-state index >= 15 is 0 Å². The fraction of sp³-hybridized carbons (Fsp3) is 0.421. The Balaban J connectivity index is 0.00000288. The van der Waals surface area contributed by atoms with Crippen LogP contribution >= 0.6 is 24.0 Å². The summed E-state index contributed by atoms with van der Waals surface area (Å²) in [6.45, 7) is 9.29. The Bertz CT molecular complexity index is 633. The third-order valence-electron chi connectivity index (χ3n) is 4.12. The van der Waals surface area contributed by atoms with Gasteiger partial charge in [-0.3, -0.25) is 4.99 Å². The minimum absolute atomic E-state index is 0. The van der Waals surface area contributed by atoms with Crippen LogP contribution in [0.25, 0.3) is 0 Å². The molecular formula is C19H29IN4. The van der Waals surface area contributed by atoms with Gasteiger partial charge in [-0.2, -0.15) is 0 Å². The molecule has 0 unspecified atom stereocenters. The fourth-order valence-corrected chi connectivity index (χ4v) is 2.78. The van der Waals surface area contributed by atoms with Crippen molar-refractivity contribution < 1.29 is 0 Å². The quantitative estimate of drug-likeness (QED) is 0.410. The van der Waals surface area contributed by atoms with Crippen LogP contribution in [0.4, 0.5) is 0 Å². The smallest absolute Gasteiger partial charge is 0.191 e. The molecule has 5 heteroatoms. The first-order chi connectivity index (χ1) is 11.0. The van der Waals surface area contributed by atoms with Gasteiger partial charge in [0, 0.05) is 44.5 Å². The molecule has 0 fully saturated rings. The number of guanidine groups is 1. The second kappa shape index (κ2) is 9.71. The van der Waals surface area contributed by atoms with Crippen LogP contribution < -0.4 is 10.6 Å². The van der Waals surface area contributed by atoms with E-state index in [1.54, 1.807) is 0 Å². The molecule has 2 aromatic rings. The van der Waals surface area contributed by atoms with Crippen LogP contribution in [-0.4, -0.2) is 30.7 Å². The molecule has 1 heterocycles. The van der Waals surface area contributed by atoms with Crippen LogP contribution in [0.3, 0.4) is 0 Å². The number of aryl methyl sites for hydroxylation is 1. The number of hydrogen-bond donors (Lipinski definition) is 2. The Morgan fingerprint density at radius 2 is 1.75 bits per heavy atom. The first-order valence-corrected chi connectivity index (χ1v) is 8.14. The van der Waals surface area contributed by atoms with E-state index in [2.05, 4.69) is 77.6 Å². The molecule has 24 heavy (non-hydrogen) atoms. The summed E-state index contributed by atoms with van der Waals surface area (Å²) >= 11 is 0. The second-order valence-electron chi connectivity index (χ2n) is 6.47. The first-order valence-electron chi connectivity index (χ1n) is 8.14. The maximum Gasteiger partial charge on any atom is 0.191 e. The van der Waals surface area contributed by atoms with Crippen molar-refractivity contribution in [3.8, 4) is 0 Å². The summed E-state index contributed by atoms with van der Waals surface area (Å²) in [6.07, 6.45) is 4.14. The van der Waals surface area contributed by atoms with Gasteiger partial charge in [0.1, 0.15) is 0 Å². The molecule has 0 amide bonds. The third kappa shape index (κ3) is 5.85. The number of aromatic nitrogens is 1. The molecule has 2 N–H and O–H groups in total. The van der Waals surface area contributed by atoms with Gasteiger partial charge in [-0.05, 0) is 30.2 Å². The van der Waals surface area contributed by atoms with Gasteiger partial charge in [-0.1, -0.05) is 38.1 Å². The summed E-state index contributed by atoms with van der Waals surface area (Å²) in [5, 5.41) is 6.81. The molecule has 0 aliphatic carbocycles. The van der Waals surface area contributed by atoms with Crippen molar-refractivity contribution in [3.63, 3.8) is 0 Å². The molecular weight excluding hydrogens is 411 g/mol. The predicted molar refractivity (Wildman–Crippen MR) is 113 cm³/mol. The van der Waals surface area contributed by atoms with Gasteiger partial charge in [-0.15, -0.1) is 24.0 Å². The van der Waals surface area contributed by atoms with Gasteiger partial charge in [0.05, 0.1) is 0 Å². The molecule has 2 rings (SSSR count). The van der Waals surface area contributed by atoms with Gasteiger partial charge in [0.15, 0.2) is 5.96 Å². The maximum absolute atomic E-state index is 4.31. The maximum atomic E-state index is 4.31. The van der Waals surface area contributed by atoms with Crippen LogP contribution in [0, 0.1) is 6.92 Å². The zero-order chi connectivity index (χ0) is 16.7. The van der Waals surface area contributed by atoms with Crippen molar-refractivity contribution >= 4 is 29.9 Å². The zero-order valence-corrected chi connectivity index (χ0v) is 17.4. The summed E-state index contributed by atoms with van der Waals surface area (Å²) in [7, 11) is 1.81. The lowest BCUT2D eigenvalue weighted by molar-refractivity contribution is 0.505. The summed E-state index contributed by atoms with van der Waals surface area (Å²) in [4.78, 5) is 4.31. The zero-order valence-electron chi connectivity index (χ0n) is 15.0. The Morgan fingerprint density at radius 1 is 1.08 bits per heavy atom. The molecule has 1 aromatic carbocycles. The average molecular weight is 440 g/mol. The van der Waals surface area contributed by atoms with E-state index in [0.717, 1.165) is 25.6 Å². The van der Waals surface area contributed by atoms with E-state index in [-0.39, 0.29) is 29.4 Å². The normalized spacial score (nSPS) is 11.8. The highest BCUT2D eigenvalue weighted by Crippen LogP contribution is 2.25. The molecule has 0 saturated heterocycles. The number of nitrogens with one attached hydrogen (secondary N) is 2. The highest BCUT2D eigenvalue weighted by atomic mass is 127. The molecule has 0 atom stereocenters. The number of rotatable bonds is 6. The number of benzene rings is 1. The monoisotopic (exact) mass is 440 g/mol. The molecule has 0 radical (unpaired) electrons. The highest BCUT2D eigenvalue weighted by Gasteiger charge is 2.22. The minimum Gasteiger partial charge on any atom is -0.356 e. The Hall–Kier alpha value is -1.50. The van der Waals surface area contributed by atoms with E-state index in [0.29, 0.717) is 0 Å². The van der Waals surface area contributed by atoms with Crippen molar-refractivity contribution in [3.05, 3.63) is 59.9 Å². The van der Waals surface area contributed by atoms with Gasteiger partial charge >= 0.3 is 0 Å². The van der Waals surface area contributed by atoms with Gasteiger partial charge < -0.3 is 15.2 Å². The second-order valence-corrected chi connectivity index (χ2v) is 6.47. The number of hydrogen-bond acceptors (Lipinski definition) is 1. The SMILES string of the molecule is CN=C(NCCn1cccc1)NCC(C)(C)c1ccccc1C.I. The van der Waals surface area contributed by atoms with Crippen molar-refractivity contribution in [1.29, 1.82) is 0 Å². The van der Waals surface area contributed by atoms with Crippen LogP contribution in [-0.2, 0) is 12.0 Å². The largest absolute Gasteiger partial charge is 0.356 e. The summed E-state index contributed by atoms with van der Waals surface area (Å²) in [5.41, 5.74) is 2.74. The van der Waals surface area contributed by atoms with Crippen molar-refractivity contribution in [2.24, 2.45) is 4.99 Å². The van der Waals surface area contributed by atoms with Crippen molar-refractivity contribution in [2.45, 2.75) is 32.7 Å². The van der Waals surface area contributed by atoms with E-state index in [4.69, 9.17) is 0 Å². The lowest BCUT2D eigenvalue weighted by Crippen LogP contribution is -2.44. The van der Waals surface area contributed by atoms with Crippen molar-refractivity contribution in [1.82, 2.24) is 15.2 Å². The third-order valence-corrected chi connectivity index (χ3v) is 4.12. The average Bonchev–Trinajstić information content (AvgIpc) is 3.04. The molecule has 4 nitrogen and oxygen atoms in total. The van der Waals surface area contributed by atoms with Crippen LogP contribution in [0.5, 0.6) is 0 Å². The van der Waals surface area contributed by atoms with E-state index in [1.807, 2.05) is 19.2 Å². The summed E-state index contributed by atoms with van der Waals surface area (Å²) in [6, 6.07) is 12.6. The minimum atomic E-state index is 0. The van der Waals surface area contributed by atoms with Crippen LogP contribution in [0.1, 0.15) is 25.0 Å². The Labute approximate surface area is 162 Å². The standard InChI is InChI=1S/C19H28N4.HI/c1-16-9-5-6-10-17(16)19(2,3)15-22-18(20-4)21-11-14-23-12-7-8-13-23;/h5-10,12-13H,11,14-15H2,1-4H3,(H2,20,21,22);1H. The molecule has 0 aliphatic heterocycles. The number of halogens is 1. The van der Waals surface area contributed by atoms with Crippen LogP contribution in [0.15, 0.2) is 53.8 Å². The molecule has 132 valence electrons.